The number of benzene rings is 2. The molecule has 1 amide bonds. The van der Waals surface area contributed by atoms with Crippen LogP contribution in [0, 0.1) is 0 Å². The largest absolute Gasteiger partial charge is 0.484 e. The monoisotopic (exact) mass is 484 g/mol. The Morgan fingerprint density at radius 1 is 0.970 bits per heavy atom. The molecule has 4 rings (SSSR count). The highest BCUT2D eigenvalue weighted by Gasteiger charge is 2.17. The molecule has 1 saturated heterocycles. The number of nitrogens with one attached hydrogen (secondary N) is 1. The zero-order chi connectivity index (χ0) is 23.0. The van der Waals surface area contributed by atoms with Gasteiger partial charge in [-0.25, -0.2) is 4.98 Å². The summed E-state index contributed by atoms with van der Waals surface area (Å²) in [4.78, 5) is 21.5. The molecule has 1 aromatic heterocycles. The lowest BCUT2D eigenvalue weighted by Crippen LogP contribution is -2.31. The second-order valence-corrected chi connectivity index (χ2v) is 8.75. The molecule has 0 atom stereocenters. The number of rotatable bonds is 7. The minimum atomic E-state index is -0.246. The van der Waals surface area contributed by atoms with Crippen LogP contribution >= 0.6 is 23.2 Å². The van der Waals surface area contributed by atoms with Crippen molar-refractivity contribution >= 4 is 40.6 Å². The highest BCUT2D eigenvalue weighted by molar-refractivity contribution is 6.31. The number of nitrogens with zero attached hydrogens (tertiary/aromatic N) is 3. The number of carbonyl (C=O) groups is 1. The molecule has 1 aliphatic heterocycles. The Morgan fingerprint density at radius 2 is 1.79 bits per heavy atom. The van der Waals surface area contributed by atoms with Crippen molar-refractivity contribution in [1.29, 1.82) is 0 Å². The summed E-state index contributed by atoms with van der Waals surface area (Å²) < 4.78 is 5.48. The van der Waals surface area contributed by atoms with Crippen LogP contribution in [0.25, 0.3) is 0 Å². The van der Waals surface area contributed by atoms with E-state index < -0.39 is 0 Å². The Morgan fingerprint density at radius 3 is 2.55 bits per heavy atom. The molecule has 0 saturated carbocycles. The molecular formula is C25H26Cl2N4O2. The number of pyridine rings is 1. The van der Waals surface area contributed by atoms with Crippen molar-refractivity contribution < 1.29 is 9.53 Å². The van der Waals surface area contributed by atoms with Gasteiger partial charge in [0.1, 0.15) is 11.6 Å². The first kappa shape index (κ1) is 23.4. The van der Waals surface area contributed by atoms with Crippen molar-refractivity contribution in [1.82, 2.24) is 9.88 Å². The number of hydrogen-bond acceptors (Lipinski definition) is 5. The lowest BCUT2D eigenvalue weighted by atomic mass is 10.2. The molecule has 3 aromatic rings. The first-order valence-electron chi connectivity index (χ1n) is 10.9. The van der Waals surface area contributed by atoms with Gasteiger partial charge in [-0.3, -0.25) is 9.69 Å². The summed E-state index contributed by atoms with van der Waals surface area (Å²) in [5.74, 6) is 1.25. The number of amides is 1. The third kappa shape index (κ3) is 6.84. The summed E-state index contributed by atoms with van der Waals surface area (Å²) >= 11 is 12.2. The number of aromatic nitrogens is 1. The van der Waals surface area contributed by atoms with E-state index in [1.54, 1.807) is 30.5 Å². The lowest BCUT2D eigenvalue weighted by molar-refractivity contribution is -0.118. The van der Waals surface area contributed by atoms with Gasteiger partial charge in [0.15, 0.2) is 6.61 Å². The molecule has 1 fully saturated rings. The minimum Gasteiger partial charge on any atom is -0.484 e. The average molecular weight is 485 g/mol. The second kappa shape index (κ2) is 11.4. The summed E-state index contributed by atoms with van der Waals surface area (Å²) in [7, 11) is 0. The SMILES string of the molecule is O=C(COc1ccc(Cl)cc1)Nc1ccc(N2CCCN(Cc3ccccc3Cl)CC2)nc1. The van der Waals surface area contributed by atoms with Gasteiger partial charge in [-0.2, -0.15) is 0 Å². The number of halogens is 2. The van der Waals surface area contributed by atoms with Crippen molar-refractivity contribution in [2.75, 3.05) is 43.0 Å². The number of ether oxygens (including phenoxy) is 1. The van der Waals surface area contributed by atoms with Gasteiger partial charge in [0.05, 0.1) is 11.9 Å². The van der Waals surface area contributed by atoms with E-state index in [4.69, 9.17) is 27.9 Å². The topological polar surface area (TPSA) is 57.7 Å². The van der Waals surface area contributed by atoms with Gasteiger partial charge in [-0.1, -0.05) is 41.4 Å². The molecule has 0 unspecified atom stereocenters. The van der Waals surface area contributed by atoms with Gasteiger partial charge >= 0.3 is 0 Å². The quantitative estimate of drug-likeness (QED) is 0.504. The maximum absolute atomic E-state index is 12.2. The maximum Gasteiger partial charge on any atom is 0.262 e. The van der Waals surface area contributed by atoms with E-state index in [-0.39, 0.29) is 12.5 Å². The maximum atomic E-state index is 12.2. The van der Waals surface area contributed by atoms with Crippen LogP contribution in [0.15, 0.2) is 66.9 Å². The van der Waals surface area contributed by atoms with Crippen molar-refractivity contribution in [3.05, 3.63) is 82.5 Å². The third-order valence-corrected chi connectivity index (χ3v) is 6.10. The van der Waals surface area contributed by atoms with Crippen molar-refractivity contribution in [3.8, 4) is 5.75 Å². The van der Waals surface area contributed by atoms with Gasteiger partial charge in [0.2, 0.25) is 0 Å². The number of hydrogen-bond donors (Lipinski definition) is 1. The van der Waals surface area contributed by atoms with Crippen LogP contribution in [0.3, 0.4) is 0 Å². The fourth-order valence-electron chi connectivity index (χ4n) is 3.75. The summed E-state index contributed by atoms with van der Waals surface area (Å²) in [6.07, 6.45) is 2.73. The van der Waals surface area contributed by atoms with E-state index >= 15 is 0 Å². The minimum absolute atomic E-state index is 0.0865. The lowest BCUT2D eigenvalue weighted by Gasteiger charge is -2.23. The van der Waals surface area contributed by atoms with Crippen LogP contribution in [0.4, 0.5) is 11.5 Å². The van der Waals surface area contributed by atoms with Crippen LogP contribution in [0.5, 0.6) is 5.75 Å². The van der Waals surface area contributed by atoms with E-state index in [0.29, 0.717) is 16.5 Å². The Bertz CT molecular complexity index is 1060. The Kier molecular flexibility index (Phi) is 8.05. The molecule has 0 bridgehead atoms. The van der Waals surface area contributed by atoms with Crippen LogP contribution in [-0.4, -0.2) is 48.6 Å². The van der Waals surface area contributed by atoms with E-state index in [2.05, 4.69) is 26.2 Å². The first-order chi connectivity index (χ1) is 16.1. The fourth-order valence-corrected chi connectivity index (χ4v) is 4.07. The zero-order valence-electron chi connectivity index (χ0n) is 18.2. The predicted molar refractivity (Wildman–Crippen MR) is 133 cm³/mol. The van der Waals surface area contributed by atoms with Crippen LogP contribution in [0.1, 0.15) is 12.0 Å². The highest BCUT2D eigenvalue weighted by Crippen LogP contribution is 2.20. The third-order valence-electron chi connectivity index (χ3n) is 5.48. The van der Waals surface area contributed by atoms with E-state index in [0.717, 1.165) is 55.5 Å². The molecule has 1 N–H and O–H groups in total. The first-order valence-corrected chi connectivity index (χ1v) is 11.7. The molecule has 33 heavy (non-hydrogen) atoms. The van der Waals surface area contributed by atoms with Crippen molar-refractivity contribution in [2.24, 2.45) is 0 Å². The summed E-state index contributed by atoms with van der Waals surface area (Å²) in [5.41, 5.74) is 1.80. The molecule has 0 spiro atoms. The van der Waals surface area contributed by atoms with E-state index in [1.807, 2.05) is 30.3 Å². The summed E-state index contributed by atoms with van der Waals surface area (Å²) in [6.45, 7) is 4.54. The number of carbonyl (C=O) groups excluding carboxylic acids is 1. The van der Waals surface area contributed by atoms with Gasteiger partial charge in [0.25, 0.3) is 5.91 Å². The Balaban J connectivity index is 1.26. The summed E-state index contributed by atoms with van der Waals surface area (Å²) in [5, 5.41) is 4.25. The predicted octanol–water partition coefficient (Wildman–Crippen LogP) is 5.12. The van der Waals surface area contributed by atoms with Gasteiger partial charge in [0, 0.05) is 42.8 Å². The molecule has 2 aromatic carbocycles. The molecule has 0 radical (unpaired) electrons. The second-order valence-electron chi connectivity index (χ2n) is 7.90. The van der Waals surface area contributed by atoms with Crippen molar-refractivity contribution in [3.63, 3.8) is 0 Å². The van der Waals surface area contributed by atoms with Crippen LogP contribution < -0.4 is 15.0 Å². The van der Waals surface area contributed by atoms with Crippen LogP contribution in [0.2, 0.25) is 10.0 Å². The van der Waals surface area contributed by atoms with Gasteiger partial charge in [-0.05, 0) is 54.4 Å². The highest BCUT2D eigenvalue weighted by atomic mass is 35.5. The molecule has 2 heterocycles. The average Bonchev–Trinajstić information content (AvgIpc) is 3.06. The molecule has 8 heteroatoms. The van der Waals surface area contributed by atoms with E-state index in [9.17, 15) is 4.79 Å². The Labute approximate surface area is 204 Å². The molecule has 1 aliphatic rings. The molecular weight excluding hydrogens is 459 g/mol. The smallest absolute Gasteiger partial charge is 0.262 e. The molecule has 6 nitrogen and oxygen atoms in total. The molecule has 172 valence electrons. The summed E-state index contributed by atoms with van der Waals surface area (Å²) in [6, 6.07) is 18.7. The van der Waals surface area contributed by atoms with E-state index in [1.165, 1.54) is 0 Å². The standard InChI is InChI=1S/C25H26Cl2N4O2/c26-20-6-9-22(10-7-20)33-18-25(32)29-21-8-11-24(28-16-21)31-13-3-12-30(14-15-31)17-19-4-1-2-5-23(19)27/h1-2,4-11,16H,3,12-15,17-18H2,(H,29,32). The zero-order valence-corrected chi connectivity index (χ0v) is 19.7. The van der Waals surface area contributed by atoms with Crippen molar-refractivity contribution in [2.45, 2.75) is 13.0 Å². The fraction of sp³-hybridized carbons (Fsp3) is 0.280. The number of anilines is 2. The van der Waals surface area contributed by atoms with Gasteiger partial charge in [-0.15, -0.1) is 0 Å². The normalized spacial score (nSPS) is 14.5. The Hall–Kier alpha value is -2.80. The van der Waals surface area contributed by atoms with Crippen LogP contribution in [-0.2, 0) is 11.3 Å². The van der Waals surface area contributed by atoms with Gasteiger partial charge < -0.3 is 15.0 Å². The molecule has 0 aliphatic carbocycles.